The Balaban J connectivity index is 2.33. The first kappa shape index (κ1) is 24.2. The Labute approximate surface area is 190 Å². The van der Waals surface area contributed by atoms with Crippen LogP contribution in [0.3, 0.4) is 0 Å². The van der Waals surface area contributed by atoms with E-state index in [1.165, 1.54) is 24.3 Å². The third-order valence-corrected chi connectivity index (χ3v) is 10.8. The van der Waals surface area contributed by atoms with Crippen LogP contribution in [0.2, 0.25) is 0 Å². The largest absolute Gasteiger partial charge is 0.396 e. The normalized spacial score (nSPS) is 14.2. The van der Waals surface area contributed by atoms with E-state index in [0.29, 0.717) is 18.4 Å². The number of hydrogen-bond donors (Lipinski definition) is 1. The number of hydrogen-bond acceptors (Lipinski definition) is 5. The maximum atomic E-state index is 13.9. The van der Waals surface area contributed by atoms with Crippen molar-refractivity contribution in [3.05, 3.63) is 96.6 Å². The molecule has 32 heavy (non-hydrogen) atoms. The molecule has 0 bridgehead atoms. The molecular weight excluding hydrogens is 444 g/mol. The monoisotopic (exact) mass is 472 g/mol. The average molecular weight is 473 g/mol. The summed E-state index contributed by atoms with van der Waals surface area (Å²) in [6.07, 6.45) is 1.17. The molecule has 0 heterocycles. The molecule has 0 unspecified atom stereocenters. The van der Waals surface area contributed by atoms with Crippen LogP contribution in [0, 0.1) is 5.92 Å². The van der Waals surface area contributed by atoms with Gasteiger partial charge in [0.2, 0.25) is 0 Å². The van der Waals surface area contributed by atoms with Gasteiger partial charge < -0.3 is 5.11 Å². The number of benzene rings is 3. The van der Waals surface area contributed by atoms with Crippen LogP contribution in [0.5, 0.6) is 0 Å². The predicted molar refractivity (Wildman–Crippen MR) is 126 cm³/mol. The molecule has 0 saturated carbocycles. The Hall–Kier alpha value is -2.48. The van der Waals surface area contributed by atoms with Crippen LogP contribution in [0.4, 0.5) is 0 Å². The summed E-state index contributed by atoms with van der Waals surface area (Å²) < 4.78 is 53.9. The highest BCUT2D eigenvalue weighted by Gasteiger charge is 2.48. The zero-order chi connectivity index (χ0) is 23.2. The highest BCUT2D eigenvalue weighted by atomic mass is 32.3. The number of aliphatic hydroxyl groups is 1. The van der Waals surface area contributed by atoms with Gasteiger partial charge in [-0.2, -0.15) is 0 Å². The van der Waals surface area contributed by atoms with E-state index < -0.39 is 36.1 Å². The van der Waals surface area contributed by atoms with Gasteiger partial charge in [0.25, 0.3) is 0 Å². The second kappa shape index (κ2) is 10.4. The Morgan fingerprint density at radius 3 is 1.47 bits per heavy atom. The predicted octanol–water partition coefficient (Wildman–Crippen LogP) is 4.45. The van der Waals surface area contributed by atoms with Crippen LogP contribution in [-0.2, 0) is 19.7 Å². The summed E-state index contributed by atoms with van der Waals surface area (Å²) in [6, 6.07) is 24.1. The summed E-state index contributed by atoms with van der Waals surface area (Å²) in [7, 11) is -8.65. The van der Waals surface area contributed by atoms with Gasteiger partial charge in [0, 0.05) is 12.5 Å². The smallest absolute Gasteiger partial charge is 0.196 e. The van der Waals surface area contributed by atoms with E-state index in [4.69, 9.17) is 0 Å². The zero-order valence-electron chi connectivity index (χ0n) is 17.9. The molecule has 1 N–H and O–H groups in total. The molecule has 0 radical (unpaired) electrons. The maximum absolute atomic E-state index is 13.9. The first-order valence-electron chi connectivity index (χ1n) is 10.6. The fraction of sp³-hybridized carbons (Fsp3) is 0.280. The van der Waals surface area contributed by atoms with Crippen LogP contribution in [0.25, 0.3) is 0 Å². The molecule has 0 fully saturated rings. The van der Waals surface area contributed by atoms with Gasteiger partial charge in [0.1, 0.15) is 0 Å². The lowest BCUT2D eigenvalue weighted by atomic mass is 9.85. The SMILES string of the molecule is CCC[C@@H](CO)[C@@H](c1ccccc1)C(S(=O)(=O)c1ccccc1)S(=O)(=O)c1ccccc1. The molecule has 0 spiro atoms. The van der Waals surface area contributed by atoms with Crippen LogP contribution in [-0.4, -0.2) is 33.1 Å². The van der Waals surface area contributed by atoms with Gasteiger partial charge in [0.05, 0.1) is 9.79 Å². The third-order valence-electron chi connectivity index (χ3n) is 5.63. The lowest BCUT2D eigenvalue weighted by Gasteiger charge is -2.33. The molecular formula is C25H28O5S2. The third kappa shape index (κ3) is 4.95. The molecule has 0 amide bonds. The van der Waals surface area contributed by atoms with E-state index in [0.717, 1.165) is 0 Å². The van der Waals surface area contributed by atoms with Crippen molar-refractivity contribution in [2.45, 2.75) is 40.1 Å². The van der Waals surface area contributed by atoms with Crippen molar-refractivity contribution in [2.24, 2.45) is 5.92 Å². The van der Waals surface area contributed by atoms with E-state index in [2.05, 4.69) is 0 Å². The van der Waals surface area contributed by atoms with Gasteiger partial charge in [-0.05, 0) is 42.2 Å². The van der Waals surface area contributed by atoms with Crippen molar-refractivity contribution < 1.29 is 21.9 Å². The Morgan fingerprint density at radius 2 is 1.09 bits per heavy atom. The van der Waals surface area contributed by atoms with Crippen LogP contribution in [0.1, 0.15) is 31.2 Å². The van der Waals surface area contributed by atoms with Gasteiger partial charge in [-0.15, -0.1) is 0 Å². The number of aliphatic hydroxyl groups excluding tert-OH is 1. The molecule has 0 aliphatic rings. The van der Waals surface area contributed by atoms with Crippen molar-refractivity contribution in [3.8, 4) is 0 Å². The second-order valence-electron chi connectivity index (χ2n) is 7.75. The zero-order valence-corrected chi connectivity index (χ0v) is 19.5. The summed E-state index contributed by atoms with van der Waals surface area (Å²) >= 11 is 0. The average Bonchev–Trinajstić information content (AvgIpc) is 2.82. The highest BCUT2D eigenvalue weighted by molar-refractivity contribution is 8.09. The standard InChI is InChI=1S/C25H28O5S2/c1-2-12-21(19-26)24(20-13-6-3-7-14-20)25(31(27,28)22-15-8-4-9-16-22)32(29,30)23-17-10-5-11-18-23/h3-11,13-18,21,24-26H,2,12,19H2,1H3/t21-,24+/m0/s1. The Bertz CT molecular complexity index is 1120. The molecule has 0 aliphatic heterocycles. The van der Waals surface area contributed by atoms with Gasteiger partial charge in [0.15, 0.2) is 24.3 Å². The van der Waals surface area contributed by atoms with E-state index in [-0.39, 0.29) is 16.4 Å². The second-order valence-corrected chi connectivity index (χ2v) is 12.2. The van der Waals surface area contributed by atoms with Gasteiger partial charge in [-0.1, -0.05) is 80.1 Å². The molecule has 7 heteroatoms. The lowest BCUT2D eigenvalue weighted by molar-refractivity contribution is 0.196. The molecule has 2 atom stereocenters. The minimum absolute atomic E-state index is 0.0568. The van der Waals surface area contributed by atoms with Crippen molar-refractivity contribution in [3.63, 3.8) is 0 Å². The van der Waals surface area contributed by atoms with E-state index in [1.807, 2.05) is 6.92 Å². The quantitative estimate of drug-likeness (QED) is 0.471. The van der Waals surface area contributed by atoms with Crippen molar-refractivity contribution in [1.29, 1.82) is 0 Å². The Morgan fingerprint density at radius 1 is 0.688 bits per heavy atom. The van der Waals surface area contributed by atoms with E-state index >= 15 is 0 Å². The topological polar surface area (TPSA) is 88.5 Å². The minimum atomic E-state index is -4.33. The van der Waals surface area contributed by atoms with Crippen LogP contribution < -0.4 is 0 Å². The molecule has 0 saturated heterocycles. The van der Waals surface area contributed by atoms with Gasteiger partial charge in [-0.3, -0.25) is 0 Å². The molecule has 3 rings (SSSR count). The summed E-state index contributed by atoms with van der Waals surface area (Å²) in [6.45, 7) is 1.61. The molecule has 3 aromatic rings. The molecule has 0 aromatic heterocycles. The van der Waals surface area contributed by atoms with Crippen molar-refractivity contribution in [1.82, 2.24) is 0 Å². The number of sulfone groups is 2. The van der Waals surface area contributed by atoms with Gasteiger partial charge in [-0.25, -0.2) is 16.8 Å². The van der Waals surface area contributed by atoms with Crippen LogP contribution in [0.15, 0.2) is 101 Å². The first-order chi connectivity index (χ1) is 15.3. The van der Waals surface area contributed by atoms with E-state index in [1.54, 1.807) is 66.7 Å². The summed E-state index contributed by atoms with van der Waals surface area (Å²) in [4.78, 5) is -0.114. The van der Waals surface area contributed by atoms with Gasteiger partial charge >= 0.3 is 0 Å². The lowest BCUT2D eigenvalue weighted by Crippen LogP contribution is -2.40. The summed E-state index contributed by atoms with van der Waals surface area (Å²) in [5.74, 6) is -1.50. The molecule has 5 nitrogen and oxygen atoms in total. The van der Waals surface area contributed by atoms with E-state index in [9.17, 15) is 21.9 Å². The number of rotatable bonds is 10. The fourth-order valence-electron chi connectivity index (χ4n) is 4.12. The minimum Gasteiger partial charge on any atom is -0.396 e. The maximum Gasteiger partial charge on any atom is 0.196 e. The van der Waals surface area contributed by atoms with Crippen molar-refractivity contribution in [2.75, 3.05) is 6.61 Å². The van der Waals surface area contributed by atoms with Crippen LogP contribution >= 0.6 is 0 Å². The highest BCUT2D eigenvalue weighted by Crippen LogP contribution is 2.41. The fourth-order valence-corrected chi connectivity index (χ4v) is 9.26. The molecule has 3 aromatic carbocycles. The summed E-state index contributed by atoms with van der Waals surface area (Å²) in [5, 5.41) is 10.2. The molecule has 0 aliphatic carbocycles. The first-order valence-corrected chi connectivity index (χ1v) is 13.7. The Kier molecular flexibility index (Phi) is 7.87. The molecule has 170 valence electrons. The summed E-state index contributed by atoms with van der Waals surface area (Å²) in [5.41, 5.74) is 0.573. The van der Waals surface area contributed by atoms with Crippen molar-refractivity contribution >= 4 is 19.7 Å².